The second kappa shape index (κ2) is 4.94. The second-order valence-electron chi connectivity index (χ2n) is 4.17. The summed E-state index contributed by atoms with van der Waals surface area (Å²) in [6.45, 7) is 1.34. The molecule has 4 nitrogen and oxygen atoms in total. The summed E-state index contributed by atoms with van der Waals surface area (Å²) < 4.78 is 5.23. The molecule has 5 heteroatoms. The van der Waals surface area contributed by atoms with Crippen LogP contribution in [0.15, 0.2) is 18.2 Å². The average Bonchev–Trinajstić information content (AvgIpc) is 2.75. The maximum absolute atomic E-state index is 12.2. The lowest BCUT2D eigenvalue weighted by Gasteiger charge is -2.16. The van der Waals surface area contributed by atoms with Crippen LogP contribution in [0.5, 0.6) is 0 Å². The number of likely N-dealkylation sites (tertiary alicyclic amines) is 1. The van der Waals surface area contributed by atoms with Crippen LogP contribution in [0.4, 0.5) is 5.69 Å². The normalized spacial score (nSPS) is 19.6. The summed E-state index contributed by atoms with van der Waals surface area (Å²) in [6, 6.07) is 4.91. The highest BCUT2D eigenvalue weighted by Gasteiger charge is 2.26. The largest absolute Gasteiger partial charge is 0.399 e. The summed E-state index contributed by atoms with van der Waals surface area (Å²) in [5.41, 5.74) is 6.71. The summed E-state index contributed by atoms with van der Waals surface area (Å²) in [5, 5.41) is 0.482. The van der Waals surface area contributed by atoms with Crippen LogP contribution in [0.25, 0.3) is 0 Å². The molecular formula is C12H15ClN2O2. The van der Waals surface area contributed by atoms with Crippen molar-refractivity contribution in [1.82, 2.24) is 4.90 Å². The molecule has 1 aromatic carbocycles. The zero-order chi connectivity index (χ0) is 12.4. The highest BCUT2D eigenvalue weighted by atomic mass is 35.5. The fraction of sp³-hybridized carbons (Fsp3) is 0.417. The number of carbonyl (C=O) groups is 1. The van der Waals surface area contributed by atoms with E-state index in [4.69, 9.17) is 22.1 Å². The third-order valence-corrected chi connectivity index (χ3v) is 3.15. The summed E-state index contributed by atoms with van der Waals surface area (Å²) in [7, 11) is 1.66. The van der Waals surface area contributed by atoms with Crippen molar-refractivity contribution in [1.29, 1.82) is 0 Å². The topological polar surface area (TPSA) is 55.6 Å². The van der Waals surface area contributed by atoms with Crippen LogP contribution >= 0.6 is 11.6 Å². The van der Waals surface area contributed by atoms with E-state index in [0.717, 1.165) is 6.42 Å². The van der Waals surface area contributed by atoms with E-state index in [1.165, 1.54) is 0 Å². The fourth-order valence-electron chi connectivity index (χ4n) is 2.02. The number of anilines is 1. The molecule has 1 heterocycles. The van der Waals surface area contributed by atoms with Gasteiger partial charge >= 0.3 is 0 Å². The summed E-state index contributed by atoms with van der Waals surface area (Å²) in [4.78, 5) is 13.9. The zero-order valence-electron chi connectivity index (χ0n) is 9.65. The standard InChI is InChI=1S/C12H15ClN2O2/c1-17-11-2-3-15(7-11)12(16)8-4-9(13)6-10(14)5-8/h4-6,11H,2-3,7,14H2,1H3. The van der Waals surface area contributed by atoms with E-state index < -0.39 is 0 Å². The Morgan fingerprint density at radius 3 is 2.88 bits per heavy atom. The van der Waals surface area contributed by atoms with Gasteiger partial charge in [0.25, 0.3) is 5.91 Å². The summed E-state index contributed by atoms with van der Waals surface area (Å²) in [6.07, 6.45) is 1.01. The van der Waals surface area contributed by atoms with E-state index in [1.807, 2.05) is 0 Å². The minimum Gasteiger partial charge on any atom is -0.399 e. The Kier molecular flexibility index (Phi) is 3.54. The van der Waals surface area contributed by atoms with Gasteiger partial charge in [0.1, 0.15) is 0 Å². The average molecular weight is 255 g/mol. The third-order valence-electron chi connectivity index (χ3n) is 2.93. The number of nitrogens with two attached hydrogens (primary N) is 1. The number of hydrogen-bond acceptors (Lipinski definition) is 3. The first-order valence-corrected chi connectivity index (χ1v) is 5.86. The molecule has 0 aromatic heterocycles. The number of hydrogen-bond donors (Lipinski definition) is 1. The van der Waals surface area contributed by atoms with Gasteiger partial charge in [-0.1, -0.05) is 11.6 Å². The first-order chi connectivity index (χ1) is 8.10. The first-order valence-electron chi connectivity index (χ1n) is 5.48. The van der Waals surface area contributed by atoms with Gasteiger partial charge in [-0.05, 0) is 24.6 Å². The van der Waals surface area contributed by atoms with Gasteiger partial charge in [-0.2, -0.15) is 0 Å². The van der Waals surface area contributed by atoms with E-state index in [9.17, 15) is 4.79 Å². The molecule has 0 radical (unpaired) electrons. The van der Waals surface area contributed by atoms with Crippen molar-refractivity contribution in [3.8, 4) is 0 Å². The smallest absolute Gasteiger partial charge is 0.254 e. The van der Waals surface area contributed by atoms with Crippen molar-refractivity contribution >= 4 is 23.2 Å². The number of carbonyl (C=O) groups excluding carboxylic acids is 1. The third kappa shape index (κ3) is 2.70. The molecule has 17 heavy (non-hydrogen) atoms. The van der Waals surface area contributed by atoms with Gasteiger partial charge in [-0.3, -0.25) is 4.79 Å². The molecule has 92 valence electrons. The highest BCUT2D eigenvalue weighted by Crippen LogP contribution is 2.20. The van der Waals surface area contributed by atoms with Gasteiger partial charge in [0, 0.05) is 36.5 Å². The SMILES string of the molecule is COC1CCN(C(=O)c2cc(N)cc(Cl)c2)C1. The molecule has 0 saturated carbocycles. The Balaban J connectivity index is 2.14. The molecule has 1 atom stereocenters. The van der Waals surface area contributed by atoms with E-state index in [2.05, 4.69) is 0 Å². The number of ether oxygens (including phenoxy) is 1. The minimum atomic E-state index is -0.0428. The molecular weight excluding hydrogens is 240 g/mol. The van der Waals surface area contributed by atoms with Gasteiger partial charge in [0.2, 0.25) is 0 Å². The van der Waals surface area contributed by atoms with Crippen LogP contribution in [0.1, 0.15) is 16.8 Å². The lowest BCUT2D eigenvalue weighted by molar-refractivity contribution is 0.0724. The van der Waals surface area contributed by atoms with E-state index in [1.54, 1.807) is 30.2 Å². The van der Waals surface area contributed by atoms with Crippen molar-refractivity contribution in [3.63, 3.8) is 0 Å². The maximum Gasteiger partial charge on any atom is 0.254 e. The number of methoxy groups -OCH3 is 1. The predicted octanol–water partition coefficient (Wildman–Crippen LogP) is 1.78. The van der Waals surface area contributed by atoms with Crippen LogP contribution in [-0.4, -0.2) is 37.1 Å². The van der Waals surface area contributed by atoms with Crippen LogP contribution in [0.2, 0.25) is 5.02 Å². The monoisotopic (exact) mass is 254 g/mol. The van der Waals surface area contributed by atoms with Crippen LogP contribution in [0, 0.1) is 0 Å². The van der Waals surface area contributed by atoms with Gasteiger partial charge < -0.3 is 15.4 Å². The minimum absolute atomic E-state index is 0.0428. The number of halogens is 1. The molecule has 2 rings (SSSR count). The number of nitrogens with zero attached hydrogens (tertiary/aromatic N) is 1. The van der Waals surface area contributed by atoms with Crippen LogP contribution in [-0.2, 0) is 4.74 Å². The first kappa shape index (κ1) is 12.2. The fourth-order valence-corrected chi connectivity index (χ4v) is 2.27. The van der Waals surface area contributed by atoms with Crippen LogP contribution < -0.4 is 5.73 Å². The van der Waals surface area contributed by atoms with Crippen molar-refractivity contribution < 1.29 is 9.53 Å². The predicted molar refractivity (Wildman–Crippen MR) is 67.2 cm³/mol. The molecule has 1 saturated heterocycles. The van der Waals surface area contributed by atoms with Crippen LogP contribution in [0.3, 0.4) is 0 Å². The Morgan fingerprint density at radius 2 is 2.29 bits per heavy atom. The second-order valence-corrected chi connectivity index (χ2v) is 4.61. The molecule has 1 amide bonds. The number of benzene rings is 1. The summed E-state index contributed by atoms with van der Waals surface area (Å²) in [5.74, 6) is -0.0428. The van der Waals surface area contributed by atoms with E-state index in [-0.39, 0.29) is 12.0 Å². The van der Waals surface area contributed by atoms with E-state index >= 15 is 0 Å². The van der Waals surface area contributed by atoms with Gasteiger partial charge in [-0.15, -0.1) is 0 Å². The molecule has 1 aliphatic rings. The van der Waals surface area contributed by atoms with Crippen molar-refractivity contribution in [2.45, 2.75) is 12.5 Å². The molecule has 1 aliphatic heterocycles. The number of rotatable bonds is 2. The Hall–Kier alpha value is -1.26. The molecule has 0 spiro atoms. The van der Waals surface area contributed by atoms with Crippen molar-refractivity contribution in [3.05, 3.63) is 28.8 Å². The van der Waals surface area contributed by atoms with Crippen molar-refractivity contribution in [2.75, 3.05) is 25.9 Å². The van der Waals surface area contributed by atoms with Crippen molar-refractivity contribution in [2.24, 2.45) is 0 Å². The molecule has 2 N–H and O–H groups in total. The number of nitrogen functional groups attached to an aromatic ring is 1. The molecule has 1 aromatic rings. The Labute approximate surface area is 105 Å². The summed E-state index contributed by atoms with van der Waals surface area (Å²) >= 11 is 5.88. The highest BCUT2D eigenvalue weighted by molar-refractivity contribution is 6.31. The van der Waals surface area contributed by atoms with Gasteiger partial charge in [-0.25, -0.2) is 0 Å². The molecule has 0 aliphatic carbocycles. The van der Waals surface area contributed by atoms with Gasteiger partial charge in [0.05, 0.1) is 6.10 Å². The lowest BCUT2D eigenvalue weighted by atomic mass is 10.2. The molecule has 1 unspecified atom stereocenters. The molecule has 0 bridgehead atoms. The maximum atomic E-state index is 12.2. The van der Waals surface area contributed by atoms with Gasteiger partial charge in [0.15, 0.2) is 0 Å². The Morgan fingerprint density at radius 1 is 1.53 bits per heavy atom. The number of amides is 1. The lowest BCUT2D eigenvalue weighted by Crippen LogP contribution is -2.30. The Bertz CT molecular complexity index is 416. The van der Waals surface area contributed by atoms with E-state index in [0.29, 0.717) is 29.4 Å². The molecule has 1 fully saturated rings. The quantitative estimate of drug-likeness (QED) is 0.819. The zero-order valence-corrected chi connectivity index (χ0v) is 10.4.